The van der Waals surface area contributed by atoms with Crippen LogP contribution >= 0.6 is 11.3 Å². The smallest absolute Gasteiger partial charge is 0.197 e. The summed E-state index contributed by atoms with van der Waals surface area (Å²) in [5.74, 6) is 1.42. The van der Waals surface area contributed by atoms with Gasteiger partial charge >= 0.3 is 0 Å². The van der Waals surface area contributed by atoms with Gasteiger partial charge in [0.1, 0.15) is 5.52 Å². The van der Waals surface area contributed by atoms with Crippen LogP contribution in [-0.2, 0) is 0 Å². The van der Waals surface area contributed by atoms with E-state index in [1.54, 1.807) is 24.5 Å². The minimum absolute atomic E-state index is 0.236. The predicted octanol–water partition coefficient (Wildman–Crippen LogP) is 4.26. The highest BCUT2D eigenvalue weighted by Gasteiger charge is 2.40. The highest BCUT2D eigenvalue weighted by molar-refractivity contribution is 7.18. The molecule has 0 unspecified atom stereocenters. The third-order valence-electron chi connectivity index (χ3n) is 4.66. The van der Waals surface area contributed by atoms with E-state index in [2.05, 4.69) is 31.0 Å². The first-order valence-corrected chi connectivity index (χ1v) is 9.16. The maximum absolute atomic E-state index is 14.3. The summed E-state index contributed by atoms with van der Waals surface area (Å²) in [4.78, 5) is 21.4. The number of benzene rings is 1. The van der Waals surface area contributed by atoms with Crippen molar-refractivity contribution in [1.29, 1.82) is 0 Å². The van der Waals surface area contributed by atoms with Gasteiger partial charge in [-0.15, -0.1) is 11.3 Å². The molecule has 0 amide bonds. The number of halogens is 1. The average molecular weight is 363 g/mol. The zero-order chi connectivity index (χ0) is 17.7. The number of hydrogen-bond acceptors (Lipinski definition) is 6. The van der Waals surface area contributed by atoms with Crippen LogP contribution in [0.25, 0.3) is 21.9 Å². The van der Waals surface area contributed by atoms with Gasteiger partial charge in [-0.05, 0) is 54.5 Å². The topological polar surface area (TPSA) is 64.5 Å². The Balaban J connectivity index is 1.40. The lowest BCUT2D eigenvalue weighted by Crippen LogP contribution is -1.96. The number of rotatable bonds is 3. The van der Waals surface area contributed by atoms with E-state index in [1.807, 2.05) is 19.3 Å². The summed E-state index contributed by atoms with van der Waals surface area (Å²) in [5, 5.41) is 0.885. The number of thiazole rings is 1. The molecule has 26 heavy (non-hydrogen) atoms. The standard InChI is InChI=1S/C19H14FN5S/c1-10-25-17-15(20)5-11(6-16(17)26-10)13-7-14(13)12-8-23-19(24-9-12)18-21-3-2-4-22-18/h2-6,8-9,13-14H,7H2,1H3/t13-,14+/m0/s1. The van der Waals surface area contributed by atoms with Gasteiger partial charge in [-0.25, -0.2) is 29.3 Å². The summed E-state index contributed by atoms with van der Waals surface area (Å²) in [5.41, 5.74) is 2.57. The Morgan fingerprint density at radius 3 is 2.42 bits per heavy atom. The molecule has 0 saturated heterocycles. The Labute approximate surface area is 153 Å². The molecule has 4 aromatic rings. The lowest BCUT2D eigenvalue weighted by Gasteiger charge is -2.03. The van der Waals surface area contributed by atoms with E-state index in [9.17, 15) is 4.39 Å². The van der Waals surface area contributed by atoms with Crippen LogP contribution in [0.2, 0.25) is 0 Å². The molecular formula is C19H14FN5S. The quantitative estimate of drug-likeness (QED) is 0.544. The molecule has 0 radical (unpaired) electrons. The Morgan fingerprint density at radius 1 is 0.962 bits per heavy atom. The Morgan fingerprint density at radius 2 is 1.65 bits per heavy atom. The van der Waals surface area contributed by atoms with Crippen molar-refractivity contribution in [2.45, 2.75) is 25.2 Å². The van der Waals surface area contributed by atoms with Gasteiger partial charge in [-0.2, -0.15) is 0 Å². The molecular weight excluding hydrogens is 349 g/mol. The Bertz CT molecular complexity index is 1090. The predicted molar refractivity (Wildman–Crippen MR) is 97.5 cm³/mol. The summed E-state index contributed by atoms with van der Waals surface area (Å²) in [7, 11) is 0. The van der Waals surface area contributed by atoms with Crippen molar-refractivity contribution in [3.63, 3.8) is 0 Å². The van der Waals surface area contributed by atoms with Crippen molar-refractivity contribution in [2.24, 2.45) is 0 Å². The highest BCUT2D eigenvalue weighted by atomic mass is 32.1. The molecule has 3 heterocycles. The van der Waals surface area contributed by atoms with Crippen molar-refractivity contribution < 1.29 is 4.39 Å². The fourth-order valence-corrected chi connectivity index (χ4v) is 4.21. The zero-order valence-electron chi connectivity index (χ0n) is 13.9. The van der Waals surface area contributed by atoms with Crippen LogP contribution in [-0.4, -0.2) is 24.9 Å². The zero-order valence-corrected chi connectivity index (χ0v) is 14.7. The number of nitrogens with zero attached hydrogens (tertiary/aromatic N) is 5. The van der Waals surface area contributed by atoms with E-state index < -0.39 is 0 Å². The van der Waals surface area contributed by atoms with Crippen LogP contribution in [0.1, 0.15) is 34.4 Å². The summed E-state index contributed by atoms with van der Waals surface area (Å²) in [6, 6.07) is 5.45. The minimum Gasteiger partial charge on any atom is -0.238 e. The average Bonchev–Trinajstić information content (AvgIpc) is 3.37. The summed E-state index contributed by atoms with van der Waals surface area (Å²) >= 11 is 1.53. The molecule has 7 heteroatoms. The normalized spacial score (nSPS) is 19.0. The maximum atomic E-state index is 14.3. The molecule has 5 nitrogen and oxygen atoms in total. The summed E-state index contributed by atoms with van der Waals surface area (Å²) < 4.78 is 15.2. The Kier molecular flexibility index (Phi) is 3.49. The lowest BCUT2D eigenvalue weighted by atomic mass is 10.1. The van der Waals surface area contributed by atoms with E-state index in [4.69, 9.17) is 0 Å². The van der Waals surface area contributed by atoms with Gasteiger partial charge in [0, 0.05) is 24.8 Å². The second kappa shape index (κ2) is 5.88. The fraction of sp³-hybridized carbons (Fsp3) is 0.211. The van der Waals surface area contributed by atoms with Crippen molar-refractivity contribution in [1.82, 2.24) is 24.9 Å². The molecule has 1 aliphatic rings. The van der Waals surface area contributed by atoms with Gasteiger partial charge in [0.2, 0.25) is 0 Å². The molecule has 1 aromatic carbocycles. The SMILES string of the molecule is Cc1nc2c(F)cc([C@@H]3C[C@@H]3c3cnc(-c4ncccn4)nc3)cc2s1. The number of fused-ring (bicyclic) bond motifs is 1. The third-order valence-corrected chi connectivity index (χ3v) is 5.58. The molecule has 0 spiro atoms. The minimum atomic E-state index is -0.236. The molecule has 0 N–H and O–H groups in total. The van der Waals surface area contributed by atoms with Crippen LogP contribution in [0.15, 0.2) is 43.0 Å². The monoisotopic (exact) mass is 363 g/mol. The van der Waals surface area contributed by atoms with Gasteiger partial charge < -0.3 is 0 Å². The molecule has 3 aromatic heterocycles. The molecule has 0 bridgehead atoms. The second-order valence-corrected chi connectivity index (χ2v) is 7.68. The van der Waals surface area contributed by atoms with Crippen molar-refractivity contribution in [2.75, 3.05) is 0 Å². The lowest BCUT2D eigenvalue weighted by molar-refractivity contribution is 0.635. The van der Waals surface area contributed by atoms with E-state index in [0.717, 1.165) is 27.3 Å². The van der Waals surface area contributed by atoms with Crippen LogP contribution < -0.4 is 0 Å². The first-order valence-electron chi connectivity index (χ1n) is 8.35. The molecule has 5 rings (SSSR count). The van der Waals surface area contributed by atoms with Crippen LogP contribution in [0.4, 0.5) is 4.39 Å². The number of aromatic nitrogens is 5. The first-order chi connectivity index (χ1) is 12.7. The largest absolute Gasteiger partial charge is 0.238 e. The van der Waals surface area contributed by atoms with Crippen molar-refractivity contribution >= 4 is 21.6 Å². The van der Waals surface area contributed by atoms with E-state index in [1.165, 1.54) is 11.3 Å². The maximum Gasteiger partial charge on any atom is 0.197 e. The van der Waals surface area contributed by atoms with Crippen molar-refractivity contribution in [3.05, 3.63) is 64.9 Å². The van der Waals surface area contributed by atoms with Crippen LogP contribution in [0.3, 0.4) is 0 Å². The van der Waals surface area contributed by atoms with Crippen LogP contribution in [0, 0.1) is 12.7 Å². The molecule has 0 aliphatic heterocycles. The van der Waals surface area contributed by atoms with Gasteiger partial charge in [0.15, 0.2) is 17.5 Å². The summed E-state index contributed by atoms with van der Waals surface area (Å²) in [6.45, 7) is 1.90. The molecule has 1 aliphatic carbocycles. The molecule has 128 valence electrons. The first kappa shape index (κ1) is 15.5. The fourth-order valence-electron chi connectivity index (χ4n) is 3.32. The Hall–Kier alpha value is -2.80. The van der Waals surface area contributed by atoms with Crippen molar-refractivity contribution in [3.8, 4) is 11.6 Å². The number of hydrogen-bond donors (Lipinski definition) is 0. The summed E-state index contributed by atoms with van der Waals surface area (Å²) in [6.07, 6.45) is 7.97. The van der Waals surface area contributed by atoms with Gasteiger partial charge in [0.05, 0.1) is 9.71 Å². The molecule has 2 atom stereocenters. The third kappa shape index (κ3) is 2.64. The number of aryl methyl sites for hydroxylation is 1. The molecule has 1 fully saturated rings. The highest BCUT2D eigenvalue weighted by Crippen LogP contribution is 2.55. The molecule has 1 saturated carbocycles. The van der Waals surface area contributed by atoms with Gasteiger partial charge in [0.25, 0.3) is 0 Å². The second-order valence-electron chi connectivity index (χ2n) is 6.44. The van der Waals surface area contributed by atoms with E-state index >= 15 is 0 Å². The van der Waals surface area contributed by atoms with E-state index in [0.29, 0.717) is 29.0 Å². The van der Waals surface area contributed by atoms with Gasteiger partial charge in [-0.3, -0.25) is 0 Å². The van der Waals surface area contributed by atoms with Crippen LogP contribution in [0.5, 0.6) is 0 Å². The van der Waals surface area contributed by atoms with Gasteiger partial charge in [-0.1, -0.05) is 0 Å². The van der Waals surface area contributed by atoms with E-state index in [-0.39, 0.29) is 5.82 Å².